The Morgan fingerprint density at radius 3 is 2.21 bits per heavy atom. The van der Waals surface area contributed by atoms with Crippen LogP contribution >= 0.6 is 0 Å². The van der Waals surface area contributed by atoms with Crippen molar-refractivity contribution in [2.75, 3.05) is 32.0 Å². The van der Waals surface area contributed by atoms with Gasteiger partial charge in [0.25, 0.3) is 0 Å². The zero-order chi connectivity index (χ0) is 19.9. The molecule has 0 atom stereocenters. The second kappa shape index (κ2) is 8.72. The lowest BCUT2D eigenvalue weighted by Crippen LogP contribution is -2.02. The van der Waals surface area contributed by atoms with Crippen LogP contribution in [0.5, 0.6) is 11.5 Å². The molecular formula is C20H20N4O4. The predicted octanol–water partition coefficient (Wildman–Crippen LogP) is 3.77. The van der Waals surface area contributed by atoms with Crippen LogP contribution in [0.4, 0.5) is 23.0 Å². The van der Waals surface area contributed by atoms with Crippen molar-refractivity contribution in [3.8, 4) is 11.5 Å². The molecule has 144 valence electrons. The molecule has 0 saturated carbocycles. The first-order valence-electron chi connectivity index (χ1n) is 8.39. The van der Waals surface area contributed by atoms with Gasteiger partial charge >= 0.3 is 5.97 Å². The van der Waals surface area contributed by atoms with Crippen LogP contribution in [0.25, 0.3) is 0 Å². The molecule has 0 amide bonds. The van der Waals surface area contributed by atoms with E-state index in [9.17, 15) is 4.79 Å². The number of carbonyl (C=O) groups is 1. The van der Waals surface area contributed by atoms with E-state index in [0.717, 1.165) is 5.69 Å². The van der Waals surface area contributed by atoms with Gasteiger partial charge in [-0.25, -0.2) is 14.8 Å². The summed E-state index contributed by atoms with van der Waals surface area (Å²) in [5, 5.41) is 6.36. The van der Waals surface area contributed by atoms with Crippen LogP contribution in [0.15, 0.2) is 54.9 Å². The fraction of sp³-hybridized carbons (Fsp3) is 0.150. The van der Waals surface area contributed by atoms with E-state index < -0.39 is 0 Å². The number of nitrogens with zero attached hydrogens (tertiary/aromatic N) is 2. The summed E-state index contributed by atoms with van der Waals surface area (Å²) in [4.78, 5) is 20.0. The minimum absolute atomic E-state index is 0.382. The number of methoxy groups -OCH3 is 3. The molecule has 1 aromatic heterocycles. The summed E-state index contributed by atoms with van der Waals surface area (Å²) in [6.45, 7) is 0. The molecular weight excluding hydrogens is 360 g/mol. The maximum absolute atomic E-state index is 11.5. The predicted molar refractivity (Wildman–Crippen MR) is 106 cm³/mol. The van der Waals surface area contributed by atoms with Gasteiger partial charge in [0.05, 0.1) is 32.6 Å². The van der Waals surface area contributed by atoms with Crippen LogP contribution in [0.2, 0.25) is 0 Å². The molecule has 8 nitrogen and oxygen atoms in total. The average molecular weight is 380 g/mol. The Morgan fingerprint density at radius 2 is 1.57 bits per heavy atom. The van der Waals surface area contributed by atoms with Gasteiger partial charge in [-0.2, -0.15) is 0 Å². The van der Waals surface area contributed by atoms with Crippen LogP contribution in [-0.4, -0.2) is 37.3 Å². The molecule has 3 rings (SSSR count). The number of carbonyl (C=O) groups excluding carboxylic acids is 1. The topological polar surface area (TPSA) is 94.6 Å². The molecule has 0 unspecified atom stereocenters. The number of esters is 1. The Bertz CT molecular complexity index is 961. The summed E-state index contributed by atoms with van der Waals surface area (Å²) in [5.74, 6) is 2.14. The van der Waals surface area contributed by atoms with Gasteiger partial charge in [0.2, 0.25) is 0 Å². The molecule has 8 heteroatoms. The van der Waals surface area contributed by atoms with Crippen LogP contribution in [-0.2, 0) is 4.74 Å². The second-order valence-corrected chi connectivity index (χ2v) is 5.67. The van der Waals surface area contributed by atoms with Crippen LogP contribution in [0.1, 0.15) is 10.4 Å². The van der Waals surface area contributed by atoms with E-state index in [2.05, 4.69) is 20.6 Å². The van der Waals surface area contributed by atoms with E-state index >= 15 is 0 Å². The van der Waals surface area contributed by atoms with Crippen molar-refractivity contribution in [2.45, 2.75) is 0 Å². The summed E-state index contributed by atoms with van der Waals surface area (Å²) in [6.07, 6.45) is 1.44. The Hall–Kier alpha value is -3.81. The van der Waals surface area contributed by atoms with E-state index in [0.29, 0.717) is 34.4 Å². The van der Waals surface area contributed by atoms with E-state index in [4.69, 9.17) is 14.2 Å². The highest BCUT2D eigenvalue weighted by atomic mass is 16.5. The van der Waals surface area contributed by atoms with Gasteiger partial charge in [-0.3, -0.25) is 0 Å². The average Bonchev–Trinajstić information content (AvgIpc) is 2.74. The molecule has 2 N–H and O–H groups in total. The number of aromatic nitrogens is 2. The van der Waals surface area contributed by atoms with Crippen molar-refractivity contribution >= 4 is 29.0 Å². The van der Waals surface area contributed by atoms with Crippen LogP contribution < -0.4 is 20.1 Å². The Labute approximate surface area is 162 Å². The van der Waals surface area contributed by atoms with Crippen molar-refractivity contribution in [3.05, 3.63) is 60.4 Å². The fourth-order valence-electron chi connectivity index (χ4n) is 2.50. The molecule has 2 aromatic carbocycles. The molecule has 0 aliphatic rings. The number of benzene rings is 2. The van der Waals surface area contributed by atoms with Gasteiger partial charge in [0.15, 0.2) is 0 Å². The van der Waals surface area contributed by atoms with Gasteiger partial charge in [0.1, 0.15) is 29.5 Å². The summed E-state index contributed by atoms with van der Waals surface area (Å²) in [5.41, 5.74) is 1.97. The lowest BCUT2D eigenvalue weighted by Gasteiger charge is -2.13. The highest BCUT2D eigenvalue weighted by Gasteiger charge is 2.08. The number of rotatable bonds is 7. The highest BCUT2D eigenvalue weighted by molar-refractivity contribution is 5.89. The molecule has 0 bridgehead atoms. The third kappa shape index (κ3) is 4.47. The third-order valence-corrected chi connectivity index (χ3v) is 3.91. The second-order valence-electron chi connectivity index (χ2n) is 5.67. The van der Waals surface area contributed by atoms with Crippen LogP contribution in [0, 0.1) is 0 Å². The smallest absolute Gasteiger partial charge is 0.337 e. The number of ether oxygens (including phenoxy) is 3. The maximum Gasteiger partial charge on any atom is 0.337 e. The number of hydrogen-bond acceptors (Lipinski definition) is 8. The first-order chi connectivity index (χ1) is 13.6. The van der Waals surface area contributed by atoms with E-state index in [1.807, 2.05) is 18.2 Å². The lowest BCUT2D eigenvalue weighted by atomic mass is 10.2. The van der Waals surface area contributed by atoms with Gasteiger partial charge in [-0.05, 0) is 36.4 Å². The van der Waals surface area contributed by atoms with Crippen molar-refractivity contribution in [2.24, 2.45) is 0 Å². The summed E-state index contributed by atoms with van der Waals surface area (Å²) < 4.78 is 15.3. The molecule has 0 radical (unpaired) electrons. The quantitative estimate of drug-likeness (QED) is 0.598. The van der Waals surface area contributed by atoms with E-state index in [-0.39, 0.29) is 5.97 Å². The third-order valence-electron chi connectivity index (χ3n) is 3.91. The molecule has 0 aliphatic heterocycles. The normalized spacial score (nSPS) is 10.1. The van der Waals surface area contributed by atoms with Crippen molar-refractivity contribution in [3.63, 3.8) is 0 Å². The van der Waals surface area contributed by atoms with E-state index in [1.54, 1.807) is 44.6 Å². The number of hydrogen-bond donors (Lipinski definition) is 2. The van der Waals surface area contributed by atoms with Crippen molar-refractivity contribution in [1.82, 2.24) is 9.97 Å². The fourth-order valence-corrected chi connectivity index (χ4v) is 2.50. The maximum atomic E-state index is 11.5. The summed E-state index contributed by atoms with van der Waals surface area (Å²) in [7, 11) is 4.54. The van der Waals surface area contributed by atoms with Gasteiger partial charge in [-0.1, -0.05) is 0 Å². The highest BCUT2D eigenvalue weighted by Crippen LogP contribution is 2.31. The van der Waals surface area contributed by atoms with Gasteiger partial charge in [-0.15, -0.1) is 0 Å². The van der Waals surface area contributed by atoms with Crippen LogP contribution in [0.3, 0.4) is 0 Å². The molecule has 28 heavy (non-hydrogen) atoms. The van der Waals surface area contributed by atoms with Gasteiger partial charge < -0.3 is 24.8 Å². The Kier molecular flexibility index (Phi) is 5.91. The minimum Gasteiger partial charge on any atom is -0.497 e. The molecule has 1 heterocycles. The number of nitrogens with one attached hydrogen (secondary N) is 2. The molecule has 0 aliphatic carbocycles. The van der Waals surface area contributed by atoms with E-state index in [1.165, 1.54) is 13.4 Å². The summed E-state index contributed by atoms with van der Waals surface area (Å²) in [6, 6.07) is 14.1. The SMILES string of the molecule is COC(=O)c1ccc(Nc2cc(Nc3cc(OC)ccc3OC)ncn2)cc1. The Morgan fingerprint density at radius 1 is 0.857 bits per heavy atom. The molecule has 0 fully saturated rings. The first-order valence-corrected chi connectivity index (χ1v) is 8.39. The summed E-state index contributed by atoms with van der Waals surface area (Å²) >= 11 is 0. The molecule has 3 aromatic rings. The molecule has 0 saturated heterocycles. The zero-order valence-electron chi connectivity index (χ0n) is 15.7. The number of anilines is 4. The largest absolute Gasteiger partial charge is 0.497 e. The monoisotopic (exact) mass is 380 g/mol. The minimum atomic E-state index is -0.382. The standard InChI is InChI=1S/C20H20N4O4/c1-26-15-8-9-17(27-2)16(10-15)24-19-11-18(21-12-22-19)23-14-6-4-13(5-7-14)20(25)28-3/h4-12H,1-3H3,(H2,21,22,23,24). The van der Waals surface area contributed by atoms with Crippen molar-refractivity contribution < 1.29 is 19.0 Å². The molecule has 0 spiro atoms. The first kappa shape index (κ1) is 19.0. The lowest BCUT2D eigenvalue weighted by molar-refractivity contribution is 0.0601. The zero-order valence-corrected chi connectivity index (χ0v) is 15.7. The Balaban J connectivity index is 1.77. The van der Waals surface area contributed by atoms with Crippen molar-refractivity contribution in [1.29, 1.82) is 0 Å². The van der Waals surface area contributed by atoms with Gasteiger partial charge in [0, 0.05) is 17.8 Å².